The van der Waals surface area contributed by atoms with E-state index in [9.17, 15) is 20.0 Å². The minimum Gasteiger partial charge on any atom is -0.490 e. The molecular weight excluding hydrogens is 310 g/mol. The lowest BCUT2D eigenvalue weighted by Crippen LogP contribution is -2.16. The van der Waals surface area contributed by atoms with Gasteiger partial charge in [-0.2, -0.15) is 0 Å². The van der Waals surface area contributed by atoms with Gasteiger partial charge >= 0.3 is 11.7 Å². The summed E-state index contributed by atoms with van der Waals surface area (Å²) in [4.78, 5) is 22.3. The number of carboxylic acid groups (broad SMARTS) is 1. The van der Waals surface area contributed by atoms with E-state index in [4.69, 9.17) is 4.74 Å². The van der Waals surface area contributed by atoms with Crippen LogP contribution in [0.1, 0.15) is 28.2 Å². The van der Waals surface area contributed by atoms with Gasteiger partial charge in [-0.15, -0.1) is 0 Å². The van der Waals surface area contributed by atoms with Crippen molar-refractivity contribution < 1.29 is 19.6 Å². The van der Waals surface area contributed by atoms with E-state index in [1.165, 1.54) is 19.2 Å². The molecule has 24 heavy (non-hydrogen) atoms. The maximum Gasteiger partial charge on any atom is 0.311 e. The van der Waals surface area contributed by atoms with Crippen molar-refractivity contribution in [1.82, 2.24) is 0 Å². The molecule has 0 aliphatic heterocycles. The van der Waals surface area contributed by atoms with Crippen LogP contribution in [-0.2, 0) is 11.2 Å². The Morgan fingerprint density at radius 2 is 1.96 bits per heavy atom. The number of rotatable bonds is 6. The van der Waals surface area contributed by atoms with Crippen LogP contribution in [0.3, 0.4) is 0 Å². The first-order valence-electron chi connectivity index (χ1n) is 7.44. The van der Waals surface area contributed by atoms with Crippen LogP contribution in [0.5, 0.6) is 5.75 Å². The van der Waals surface area contributed by atoms with Crippen LogP contribution < -0.4 is 4.74 Å². The number of hydrogen-bond acceptors (Lipinski definition) is 4. The monoisotopic (exact) mass is 329 g/mol. The molecule has 1 atom stereocenters. The highest BCUT2D eigenvalue weighted by Crippen LogP contribution is 2.31. The van der Waals surface area contributed by atoms with Crippen molar-refractivity contribution in [1.29, 1.82) is 0 Å². The standard InChI is InChI=1S/C18H19NO5/c1-11-4-6-14(12(2)8-11)15(18(20)21)9-13-5-7-17(24-3)16(10-13)19(22)23/h4-8,10,15H,9H2,1-3H3,(H,20,21). The van der Waals surface area contributed by atoms with Gasteiger partial charge in [-0.1, -0.05) is 29.8 Å². The third-order valence-corrected chi connectivity index (χ3v) is 3.98. The van der Waals surface area contributed by atoms with E-state index >= 15 is 0 Å². The third-order valence-electron chi connectivity index (χ3n) is 3.98. The summed E-state index contributed by atoms with van der Waals surface area (Å²) in [6, 6.07) is 10.1. The second kappa shape index (κ2) is 7.12. The van der Waals surface area contributed by atoms with Gasteiger partial charge < -0.3 is 9.84 Å². The molecule has 0 aliphatic rings. The first-order chi connectivity index (χ1) is 11.3. The zero-order valence-corrected chi connectivity index (χ0v) is 13.8. The van der Waals surface area contributed by atoms with E-state index in [1.807, 2.05) is 26.0 Å². The molecule has 126 valence electrons. The van der Waals surface area contributed by atoms with Gasteiger partial charge in [0, 0.05) is 6.07 Å². The van der Waals surface area contributed by atoms with Crippen molar-refractivity contribution in [3.63, 3.8) is 0 Å². The van der Waals surface area contributed by atoms with Crippen LogP contribution in [-0.4, -0.2) is 23.1 Å². The smallest absolute Gasteiger partial charge is 0.311 e. The lowest BCUT2D eigenvalue weighted by Gasteiger charge is -2.16. The number of nitro groups is 1. The average molecular weight is 329 g/mol. The summed E-state index contributed by atoms with van der Waals surface area (Å²) >= 11 is 0. The van der Waals surface area contributed by atoms with E-state index < -0.39 is 16.8 Å². The first-order valence-corrected chi connectivity index (χ1v) is 7.44. The average Bonchev–Trinajstić information content (AvgIpc) is 2.52. The normalized spacial score (nSPS) is 11.8. The van der Waals surface area contributed by atoms with Crippen molar-refractivity contribution in [2.75, 3.05) is 7.11 Å². The summed E-state index contributed by atoms with van der Waals surface area (Å²) in [7, 11) is 1.36. The minimum absolute atomic E-state index is 0.155. The summed E-state index contributed by atoms with van der Waals surface area (Å²) in [6.07, 6.45) is 0.171. The number of benzene rings is 2. The Kier molecular flexibility index (Phi) is 5.18. The molecule has 0 spiro atoms. The molecule has 6 heteroatoms. The molecule has 0 fully saturated rings. The molecule has 0 aromatic heterocycles. The van der Waals surface area contributed by atoms with E-state index in [-0.39, 0.29) is 17.9 Å². The molecule has 1 N–H and O–H groups in total. The molecule has 2 aromatic rings. The minimum atomic E-state index is -0.958. The van der Waals surface area contributed by atoms with Gasteiger partial charge in [0.1, 0.15) is 0 Å². The lowest BCUT2D eigenvalue weighted by molar-refractivity contribution is -0.385. The number of ether oxygens (including phenoxy) is 1. The summed E-state index contributed by atoms with van der Waals surface area (Å²) in [6.45, 7) is 3.81. The van der Waals surface area contributed by atoms with Gasteiger partial charge in [-0.05, 0) is 43.0 Å². The molecule has 0 heterocycles. The molecule has 0 bridgehead atoms. The largest absolute Gasteiger partial charge is 0.490 e. The molecule has 0 saturated heterocycles. The number of aryl methyl sites for hydroxylation is 2. The Balaban J connectivity index is 2.40. The predicted molar refractivity (Wildman–Crippen MR) is 89.6 cm³/mol. The number of aliphatic carboxylic acids is 1. The summed E-state index contributed by atoms with van der Waals surface area (Å²) in [5, 5.41) is 20.7. The number of nitro benzene ring substituents is 1. The van der Waals surface area contributed by atoms with Crippen molar-refractivity contribution in [3.8, 4) is 5.75 Å². The van der Waals surface area contributed by atoms with Crippen molar-refractivity contribution in [3.05, 3.63) is 68.8 Å². The molecular formula is C18H19NO5. The molecule has 0 amide bonds. The number of methoxy groups -OCH3 is 1. The number of carbonyl (C=O) groups is 1. The molecule has 2 rings (SSSR count). The summed E-state index contributed by atoms with van der Waals surface area (Å²) in [5.74, 6) is -1.57. The first kappa shape index (κ1) is 17.5. The number of nitrogens with zero attached hydrogens (tertiary/aromatic N) is 1. The van der Waals surface area contributed by atoms with Gasteiger partial charge in [0.25, 0.3) is 0 Å². The fourth-order valence-electron chi connectivity index (χ4n) is 2.79. The van der Waals surface area contributed by atoms with Crippen molar-refractivity contribution in [2.24, 2.45) is 0 Å². The molecule has 1 unspecified atom stereocenters. The van der Waals surface area contributed by atoms with Crippen LogP contribution in [0, 0.1) is 24.0 Å². The number of carboxylic acids is 1. The van der Waals surface area contributed by atoms with Gasteiger partial charge in [-0.25, -0.2) is 0 Å². The maximum atomic E-state index is 11.7. The van der Waals surface area contributed by atoms with Crippen LogP contribution >= 0.6 is 0 Å². The predicted octanol–water partition coefficient (Wildman–Crippen LogP) is 3.63. The highest BCUT2D eigenvalue weighted by atomic mass is 16.6. The maximum absolute atomic E-state index is 11.7. The zero-order chi connectivity index (χ0) is 17.9. The highest BCUT2D eigenvalue weighted by Gasteiger charge is 2.24. The molecule has 2 aromatic carbocycles. The fourth-order valence-corrected chi connectivity index (χ4v) is 2.79. The Labute approximate surface area is 139 Å². The van der Waals surface area contributed by atoms with Crippen LogP contribution in [0.15, 0.2) is 36.4 Å². The van der Waals surface area contributed by atoms with Crippen LogP contribution in [0.25, 0.3) is 0 Å². The molecule has 0 saturated carbocycles. The Morgan fingerprint density at radius 1 is 1.25 bits per heavy atom. The van der Waals surface area contributed by atoms with E-state index in [0.29, 0.717) is 11.1 Å². The van der Waals surface area contributed by atoms with Gasteiger partial charge in [0.05, 0.1) is 18.0 Å². The molecule has 6 nitrogen and oxygen atoms in total. The Hall–Kier alpha value is -2.89. The fraction of sp³-hybridized carbons (Fsp3) is 0.278. The van der Waals surface area contributed by atoms with E-state index in [1.54, 1.807) is 12.1 Å². The summed E-state index contributed by atoms with van der Waals surface area (Å²) in [5.41, 5.74) is 3.08. The van der Waals surface area contributed by atoms with Gasteiger partial charge in [0.15, 0.2) is 5.75 Å². The molecule has 0 aliphatic carbocycles. The second-order valence-corrected chi connectivity index (χ2v) is 5.72. The van der Waals surface area contributed by atoms with Crippen LogP contribution in [0.2, 0.25) is 0 Å². The zero-order valence-electron chi connectivity index (χ0n) is 13.8. The van der Waals surface area contributed by atoms with Gasteiger partial charge in [-0.3, -0.25) is 14.9 Å². The summed E-state index contributed by atoms with van der Waals surface area (Å²) < 4.78 is 4.97. The number of hydrogen-bond donors (Lipinski definition) is 1. The molecule has 0 radical (unpaired) electrons. The van der Waals surface area contributed by atoms with E-state index in [0.717, 1.165) is 11.1 Å². The van der Waals surface area contributed by atoms with Gasteiger partial charge in [0.2, 0.25) is 0 Å². The Bertz CT molecular complexity index is 785. The lowest BCUT2D eigenvalue weighted by atomic mass is 9.88. The van der Waals surface area contributed by atoms with Crippen molar-refractivity contribution >= 4 is 11.7 Å². The van der Waals surface area contributed by atoms with Crippen LogP contribution in [0.4, 0.5) is 5.69 Å². The Morgan fingerprint density at radius 3 is 2.50 bits per heavy atom. The third kappa shape index (κ3) is 3.71. The SMILES string of the molecule is COc1ccc(CC(C(=O)O)c2ccc(C)cc2C)cc1[N+](=O)[O-]. The highest BCUT2D eigenvalue weighted by molar-refractivity contribution is 5.77. The van der Waals surface area contributed by atoms with Crippen molar-refractivity contribution in [2.45, 2.75) is 26.2 Å². The topological polar surface area (TPSA) is 89.7 Å². The second-order valence-electron chi connectivity index (χ2n) is 5.72. The van der Waals surface area contributed by atoms with E-state index in [2.05, 4.69) is 0 Å². The quantitative estimate of drug-likeness (QED) is 0.645.